The number of alkyl halides is 3. The summed E-state index contributed by atoms with van der Waals surface area (Å²) < 4.78 is 45.3. The van der Waals surface area contributed by atoms with Gasteiger partial charge in [0.1, 0.15) is 0 Å². The third-order valence-corrected chi connectivity index (χ3v) is 3.79. The fraction of sp³-hybridized carbons (Fsp3) is 0.250. The Morgan fingerprint density at radius 3 is 2.43 bits per heavy atom. The molecule has 4 nitrogen and oxygen atoms in total. The lowest BCUT2D eigenvalue weighted by Gasteiger charge is -2.14. The van der Waals surface area contributed by atoms with E-state index in [0.29, 0.717) is 5.52 Å². The molecule has 3 rings (SSSR count). The number of nitrogens with zero attached hydrogens (tertiary/aromatic N) is 3. The van der Waals surface area contributed by atoms with E-state index in [2.05, 4.69) is 10.1 Å². The Balaban J connectivity index is 2.20. The van der Waals surface area contributed by atoms with Crippen molar-refractivity contribution in [2.24, 2.45) is 0 Å². The molecular formula is C16H14F3N3O. The maximum Gasteiger partial charge on any atom is 0.435 e. The maximum absolute atomic E-state index is 13.0. The van der Waals surface area contributed by atoms with E-state index in [4.69, 9.17) is 4.74 Å². The molecule has 0 amide bonds. The summed E-state index contributed by atoms with van der Waals surface area (Å²) in [6.07, 6.45) is -1.19. The van der Waals surface area contributed by atoms with E-state index in [9.17, 15) is 13.2 Å². The Morgan fingerprint density at radius 1 is 1.13 bits per heavy atom. The van der Waals surface area contributed by atoms with Crippen molar-refractivity contribution in [3.63, 3.8) is 0 Å². The van der Waals surface area contributed by atoms with Crippen LogP contribution in [0.4, 0.5) is 13.2 Å². The summed E-state index contributed by atoms with van der Waals surface area (Å²) in [5, 5.41) is 3.65. The molecule has 0 N–H and O–H groups in total. The molecule has 0 saturated carbocycles. The first-order chi connectivity index (χ1) is 10.9. The zero-order valence-electron chi connectivity index (χ0n) is 12.5. The largest absolute Gasteiger partial charge is 0.481 e. The van der Waals surface area contributed by atoms with Gasteiger partial charge in [-0.15, -0.1) is 0 Å². The van der Waals surface area contributed by atoms with E-state index in [1.165, 1.54) is 11.6 Å². The molecular weight excluding hydrogens is 307 g/mol. The Labute approximate surface area is 130 Å². The van der Waals surface area contributed by atoms with Crippen LogP contribution in [0, 0.1) is 0 Å². The zero-order chi connectivity index (χ0) is 16.6. The molecule has 7 heteroatoms. The predicted octanol–water partition coefficient (Wildman–Crippen LogP) is 3.91. The lowest BCUT2D eigenvalue weighted by atomic mass is 9.93. The van der Waals surface area contributed by atoms with Crippen molar-refractivity contribution < 1.29 is 17.9 Å². The number of hydrogen-bond acceptors (Lipinski definition) is 3. The number of halogens is 3. The van der Waals surface area contributed by atoms with Crippen LogP contribution in [0.15, 0.2) is 42.7 Å². The van der Waals surface area contributed by atoms with Gasteiger partial charge in [0.15, 0.2) is 5.69 Å². The molecule has 3 heterocycles. The van der Waals surface area contributed by atoms with Gasteiger partial charge >= 0.3 is 6.18 Å². The quantitative estimate of drug-likeness (QED) is 0.734. The summed E-state index contributed by atoms with van der Waals surface area (Å²) in [6.45, 7) is 1.93. The Kier molecular flexibility index (Phi) is 3.71. The van der Waals surface area contributed by atoms with Gasteiger partial charge in [0.25, 0.3) is 0 Å². The molecule has 0 saturated heterocycles. The van der Waals surface area contributed by atoms with Crippen molar-refractivity contribution in [2.45, 2.75) is 19.0 Å². The minimum absolute atomic E-state index is 0.107. The minimum atomic E-state index is -4.51. The molecule has 0 radical (unpaired) electrons. The highest BCUT2D eigenvalue weighted by Crippen LogP contribution is 2.34. The maximum atomic E-state index is 13.0. The first-order valence-corrected chi connectivity index (χ1v) is 6.95. The average molecular weight is 321 g/mol. The van der Waals surface area contributed by atoms with E-state index >= 15 is 0 Å². The lowest BCUT2D eigenvalue weighted by Crippen LogP contribution is -2.06. The highest BCUT2D eigenvalue weighted by atomic mass is 19.4. The smallest absolute Gasteiger partial charge is 0.435 e. The van der Waals surface area contributed by atoms with E-state index in [1.54, 1.807) is 24.5 Å². The minimum Gasteiger partial charge on any atom is -0.481 e. The fourth-order valence-electron chi connectivity index (χ4n) is 2.56. The van der Waals surface area contributed by atoms with Crippen molar-refractivity contribution in [2.75, 3.05) is 7.11 Å². The summed E-state index contributed by atoms with van der Waals surface area (Å²) in [4.78, 5) is 3.96. The van der Waals surface area contributed by atoms with Gasteiger partial charge in [-0.1, -0.05) is 13.0 Å². The van der Waals surface area contributed by atoms with Crippen molar-refractivity contribution in [1.29, 1.82) is 0 Å². The van der Waals surface area contributed by atoms with Crippen LogP contribution < -0.4 is 4.74 Å². The van der Waals surface area contributed by atoms with Gasteiger partial charge in [0, 0.05) is 24.4 Å². The second kappa shape index (κ2) is 5.57. The summed E-state index contributed by atoms with van der Waals surface area (Å²) in [5.74, 6) is 0.144. The van der Waals surface area contributed by atoms with Gasteiger partial charge in [0.05, 0.1) is 12.6 Å². The van der Waals surface area contributed by atoms with E-state index < -0.39 is 11.9 Å². The van der Waals surface area contributed by atoms with Crippen LogP contribution in [-0.4, -0.2) is 21.7 Å². The summed E-state index contributed by atoms with van der Waals surface area (Å²) in [7, 11) is 1.40. The lowest BCUT2D eigenvalue weighted by molar-refractivity contribution is -0.141. The number of fused-ring (bicyclic) bond motifs is 1. The molecule has 120 valence electrons. The molecule has 0 aliphatic carbocycles. The Hall–Kier alpha value is -2.57. The second-order valence-corrected chi connectivity index (χ2v) is 5.16. The van der Waals surface area contributed by atoms with Crippen molar-refractivity contribution in [1.82, 2.24) is 14.6 Å². The van der Waals surface area contributed by atoms with Crippen LogP contribution in [0.5, 0.6) is 5.88 Å². The van der Waals surface area contributed by atoms with Crippen LogP contribution in [0.1, 0.15) is 29.7 Å². The third-order valence-electron chi connectivity index (χ3n) is 3.79. The molecule has 0 aromatic carbocycles. The van der Waals surface area contributed by atoms with E-state index in [0.717, 1.165) is 17.2 Å². The molecule has 23 heavy (non-hydrogen) atoms. The van der Waals surface area contributed by atoms with Gasteiger partial charge in [0.2, 0.25) is 5.88 Å². The number of aromatic nitrogens is 3. The first kappa shape index (κ1) is 15.3. The second-order valence-electron chi connectivity index (χ2n) is 5.16. The molecule has 0 aliphatic rings. The summed E-state index contributed by atoms with van der Waals surface area (Å²) in [6, 6.07) is 8.11. The predicted molar refractivity (Wildman–Crippen MR) is 78.5 cm³/mol. The number of rotatable bonds is 3. The van der Waals surface area contributed by atoms with Crippen molar-refractivity contribution >= 4 is 5.52 Å². The zero-order valence-corrected chi connectivity index (χ0v) is 12.5. The SMILES string of the molecule is COc1ccc(C(C)c2ccncc2)c2cc(C(F)(F)F)nn12. The average Bonchev–Trinajstić information content (AvgIpc) is 2.99. The molecule has 1 atom stereocenters. The van der Waals surface area contributed by atoms with Crippen LogP contribution in [0.2, 0.25) is 0 Å². The standard InChI is InChI=1S/C16H14F3N3O/c1-10(11-5-7-20-8-6-11)12-3-4-15(23-2)22-13(12)9-14(21-22)16(17,18)19/h3-10H,1-2H3. The monoisotopic (exact) mass is 321 g/mol. The molecule has 1 unspecified atom stereocenters. The molecule has 0 spiro atoms. The topological polar surface area (TPSA) is 39.4 Å². The van der Waals surface area contributed by atoms with E-state index in [1.807, 2.05) is 19.1 Å². The van der Waals surface area contributed by atoms with Gasteiger partial charge < -0.3 is 4.74 Å². The van der Waals surface area contributed by atoms with Crippen molar-refractivity contribution in [3.8, 4) is 5.88 Å². The summed E-state index contributed by atoms with van der Waals surface area (Å²) >= 11 is 0. The van der Waals surface area contributed by atoms with Crippen LogP contribution in [0.25, 0.3) is 5.52 Å². The van der Waals surface area contributed by atoms with E-state index in [-0.39, 0.29) is 11.8 Å². The fourth-order valence-corrected chi connectivity index (χ4v) is 2.56. The van der Waals surface area contributed by atoms with Crippen LogP contribution in [-0.2, 0) is 6.18 Å². The molecule has 0 fully saturated rings. The van der Waals surface area contributed by atoms with Crippen molar-refractivity contribution in [3.05, 3.63) is 59.5 Å². The molecule has 0 aliphatic heterocycles. The normalized spacial score (nSPS) is 13.3. The number of methoxy groups -OCH3 is 1. The third kappa shape index (κ3) is 2.74. The molecule has 3 aromatic rings. The number of ether oxygens (including phenoxy) is 1. The molecule has 3 aromatic heterocycles. The van der Waals surface area contributed by atoms with Gasteiger partial charge in [-0.3, -0.25) is 4.98 Å². The van der Waals surface area contributed by atoms with Gasteiger partial charge in [-0.2, -0.15) is 18.3 Å². The van der Waals surface area contributed by atoms with Gasteiger partial charge in [-0.25, -0.2) is 4.52 Å². The number of hydrogen-bond donors (Lipinski definition) is 0. The van der Waals surface area contributed by atoms with Crippen LogP contribution >= 0.6 is 0 Å². The highest BCUT2D eigenvalue weighted by Gasteiger charge is 2.35. The van der Waals surface area contributed by atoms with Gasteiger partial charge in [-0.05, 0) is 29.3 Å². The Bertz CT molecular complexity index is 828. The van der Waals surface area contributed by atoms with Crippen LogP contribution in [0.3, 0.4) is 0 Å². The number of pyridine rings is 2. The first-order valence-electron chi connectivity index (χ1n) is 6.95. The highest BCUT2D eigenvalue weighted by molar-refractivity contribution is 5.60. The summed E-state index contributed by atoms with van der Waals surface area (Å²) in [5.41, 5.74) is 1.13. The molecule has 0 bridgehead atoms. The Morgan fingerprint density at radius 2 is 1.83 bits per heavy atom.